The summed E-state index contributed by atoms with van der Waals surface area (Å²) in [5.41, 5.74) is 0.201. The second-order valence-electron chi connectivity index (χ2n) is 4.77. The summed E-state index contributed by atoms with van der Waals surface area (Å²) in [4.78, 5) is 0. The van der Waals surface area contributed by atoms with Crippen LogP contribution in [0.25, 0.3) is 0 Å². The number of anilines is 1. The fraction of sp³-hybridized carbons (Fsp3) is 0.462. The Labute approximate surface area is 117 Å². The maximum Gasteiger partial charge on any atom is 0.126 e. The van der Waals surface area contributed by atoms with E-state index in [9.17, 15) is 4.39 Å². The van der Waals surface area contributed by atoms with Gasteiger partial charge >= 0.3 is 0 Å². The van der Waals surface area contributed by atoms with Crippen molar-refractivity contribution < 1.29 is 4.39 Å². The van der Waals surface area contributed by atoms with Crippen molar-refractivity contribution >= 4 is 28.9 Å². The van der Waals surface area contributed by atoms with Crippen molar-refractivity contribution in [3.63, 3.8) is 0 Å². The van der Waals surface area contributed by atoms with Gasteiger partial charge in [-0.2, -0.15) is 5.26 Å². The van der Waals surface area contributed by atoms with Crippen LogP contribution in [0, 0.1) is 22.6 Å². The minimum atomic E-state index is -0.457. The van der Waals surface area contributed by atoms with Gasteiger partial charge in [0.05, 0.1) is 27.2 Å². The Kier molecular flexibility index (Phi) is 5.25. The number of halogens is 3. The fourth-order valence-electron chi connectivity index (χ4n) is 1.51. The van der Waals surface area contributed by atoms with Crippen molar-refractivity contribution in [1.29, 1.82) is 5.26 Å². The Morgan fingerprint density at radius 2 is 1.89 bits per heavy atom. The first-order valence-electron chi connectivity index (χ1n) is 5.65. The molecule has 1 rings (SSSR count). The number of nitrogens with one attached hydrogen (secondary N) is 1. The van der Waals surface area contributed by atoms with Gasteiger partial charge in [-0.1, -0.05) is 23.2 Å². The largest absolute Gasteiger partial charge is 0.383 e. The molecule has 0 saturated heterocycles. The molecule has 0 atom stereocenters. The molecule has 5 heteroatoms. The van der Waals surface area contributed by atoms with Crippen LogP contribution >= 0.6 is 23.2 Å². The summed E-state index contributed by atoms with van der Waals surface area (Å²) in [6, 6.07) is 4.68. The predicted octanol–water partition coefficient (Wildman–Crippen LogP) is 4.87. The van der Waals surface area contributed by atoms with Crippen molar-refractivity contribution in [2.45, 2.75) is 26.7 Å². The Morgan fingerprint density at radius 3 is 2.39 bits per heavy atom. The average Bonchev–Trinajstić information content (AvgIpc) is 2.26. The molecule has 0 aliphatic heterocycles. The monoisotopic (exact) mass is 288 g/mol. The molecule has 0 radical (unpaired) electrons. The third-order valence-corrected chi connectivity index (χ3v) is 3.19. The van der Waals surface area contributed by atoms with Crippen molar-refractivity contribution in [2.75, 3.05) is 11.9 Å². The van der Waals surface area contributed by atoms with E-state index in [4.69, 9.17) is 28.5 Å². The number of hydrogen-bond donors (Lipinski definition) is 1. The molecule has 18 heavy (non-hydrogen) atoms. The highest BCUT2D eigenvalue weighted by atomic mass is 35.5. The Morgan fingerprint density at radius 1 is 1.33 bits per heavy atom. The number of hydrogen-bond acceptors (Lipinski definition) is 2. The molecule has 0 amide bonds. The zero-order valence-electron chi connectivity index (χ0n) is 10.4. The number of nitrogens with zero attached hydrogens (tertiary/aromatic N) is 1. The van der Waals surface area contributed by atoms with Gasteiger partial charge in [-0.15, -0.1) is 0 Å². The van der Waals surface area contributed by atoms with Crippen LogP contribution in [-0.4, -0.2) is 6.54 Å². The van der Waals surface area contributed by atoms with Crippen LogP contribution in [0.1, 0.15) is 26.7 Å². The number of nitriles is 1. The van der Waals surface area contributed by atoms with Gasteiger partial charge in [0.15, 0.2) is 0 Å². The molecule has 0 spiro atoms. The first-order valence-corrected chi connectivity index (χ1v) is 6.41. The quantitative estimate of drug-likeness (QED) is 0.784. The average molecular weight is 289 g/mol. The molecular weight excluding hydrogens is 274 g/mol. The standard InChI is InChI=1S/C13H15Cl2FN2/c1-13(2,8-17)4-3-5-18-12-10(14)6-9(16)7-11(12)15/h6-7,18H,3-5H2,1-2H3. The minimum absolute atomic E-state index is 0.263. The van der Waals surface area contributed by atoms with E-state index in [1.807, 2.05) is 13.8 Å². The first kappa shape index (κ1) is 15.1. The van der Waals surface area contributed by atoms with E-state index < -0.39 is 5.82 Å². The Bertz CT molecular complexity index is 444. The van der Waals surface area contributed by atoms with Crippen LogP contribution < -0.4 is 5.32 Å². The lowest BCUT2D eigenvalue weighted by Gasteiger charge is -2.16. The molecule has 0 bridgehead atoms. The van der Waals surface area contributed by atoms with Gasteiger partial charge in [0, 0.05) is 6.54 Å². The molecule has 0 saturated carbocycles. The molecule has 0 fully saturated rings. The van der Waals surface area contributed by atoms with E-state index >= 15 is 0 Å². The van der Waals surface area contributed by atoms with E-state index in [2.05, 4.69) is 11.4 Å². The van der Waals surface area contributed by atoms with E-state index in [0.29, 0.717) is 12.2 Å². The van der Waals surface area contributed by atoms with Gasteiger partial charge in [0.2, 0.25) is 0 Å². The van der Waals surface area contributed by atoms with Gasteiger partial charge in [-0.3, -0.25) is 0 Å². The molecule has 0 aliphatic carbocycles. The van der Waals surface area contributed by atoms with E-state index in [1.54, 1.807) is 0 Å². The van der Waals surface area contributed by atoms with Crippen molar-refractivity contribution in [1.82, 2.24) is 0 Å². The summed E-state index contributed by atoms with van der Waals surface area (Å²) in [6.07, 6.45) is 1.58. The molecule has 1 aromatic carbocycles. The van der Waals surface area contributed by atoms with Crippen LogP contribution in [0.3, 0.4) is 0 Å². The van der Waals surface area contributed by atoms with Gasteiger partial charge in [-0.25, -0.2) is 4.39 Å². The minimum Gasteiger partial charge on any atom is -0.383 e. The van der Waals surface area contributed by atoms with Crippen LogP contribution in [0.4, 0.5) is 10.1 Å². The summed E-state index contributed by atoms with van der Waals surface area (Å²) in [6.45, 7) is 4.42. The molecule has 0 aromatic heterocycles. The van der Waals surface area contributed by atoms with E-state index in [0.717, 1.165) is 12.8 Å². The number of rotatable bonds is 5. The molecule has 2 nitrogen and oxygen atoms in total. The summed E-state index contributed by atoms with van der Waals surface area (Å²) < 4.78 is 13.0. The van der Waals surface area contributed by atoms with Crippen LogP contribution in [0.15, 0.2) is 12.1 Å². The second kappa shape index (κ2) is 6.26. The third-order valence-electron chi connectivity index (χ3n) is 2.59. The summed E-state index contributed by atoms with van der Waals surface area (Å²) in [5, 5.41) is 12.5. The molecule has 1 N–H and O–H groups in total. The summed E-state index contributed by atoms with van der Waals surface area (Å²) in [7, 11) is 0. The van der Waals surface area contributed by atoms with Crippen molar-refractivity contribution in [3.8, 4) is 6.07 Å². The van der Waals surface area contributed by atoms with Crippen LogP contribution in [0.5, 0.6) is 0 Å². The van der Waals surface area contributed by atoms with Crippen molar-refractivity contribution in [3.05, 3.63) is 28.0 Å². The highest BCUT2D eigenvalue weighted by Gasteiger charge is 2.15. The highest BCUT2D eigenvalue weighted by molar-refractivity contribution is 6.39. The Hall–Kier alpha value is -0.980. The fourth-order valence-corrected chi connectivity index (χ4v) is 2.10. The maximum atomic E-state index is 13.0. The maximum absolute atomic E-state index is 13.0. The van der Waals surface area contributed by atoms with E-state index in [-0.39, 0.29) is 15.5 Å². The van der Waals surface area contributed by atoms with Gasteiger partial charge in [0.1, 0.15) is 5.82 Å². The zero-order chi connectivity index (χ0) is 13.8. The highest BCUT2D eigenvalue weighted by Crippen LogP contribution is 2.31. The van der Waals surface area contributed by atoms with E-state index in [1.165, 1.54) is 12.1 Å². The summed E-state index contributed by atoms with van der Waals surface area (Å²) >= 11 is 11.8. The van der Waals surface area contributed by atoms with Gasteiger partial charge < -0.3 is 5.32 Å². The molecule has 0 heterocycles. The lowest BCUT2D eigenvalue weighted by atomic mass is 9.90. The molecule has 0 aliphatic rings. The molecule has 98 valence electrons. The molecule has 0 unspecified atom stereocenters. The molecular formula is C13H15Cl2FN2. The second-order valence-corrected chi connectivity index (χ2v) is 5.58. The van der Waals surface area contributed by atoms with Gasteiger partial charge in [0.25, 0.3) is 0 Å². The lowest BCUT2D eigenvalue weighted by molar-refractivity contribution is 0.441. The third kappa shape index (κ3) is 4.36. The van der Waals surface area contributed by atoms with Crippen LogP contribution in [0.2, 0.25) is 10.0 Å². The zero-order valence-corrected chi connectivity index (χ0v) is 11.9. The van der Waals surface area contributed by atoms with Crippen LogP contribution in [-0.2, 0) is 0 Å². The SMILES string of the molecule is CC(C)(C#N)CCCNc1c(Cl)cc(F)cc1Cl. The van der Waals surface area contributed by atoms with Crippen molar-refractivity contribution in [2.24, 2.45) is 5.41 Å². The predicted molar refractivity (Wildman–Crippen MR) is 73.5 cm³/mol. The number of benzene rings is 1. The topological polar surface area (TPSA) is 35.8 Å². The normalized spacial score (nSPS) is 11.1. The lowest BCUT2D eigenvalue weighted by Crippen LogP contribution is -2.11. The summed E-state index contributed by atoms with van der Waals surface area (Å²) in [5.74, 6) is -0.457. The van der Waals surface area contributed by atoms with Gasteiger partial charge in [-0.05, 0) is 38.8 Å². The first-order chi connectivity index (χ1) is 8.35. The Balaban J connectivity index is 2.53. The molecule has 1 aromatic rings. The smallest absolute Gasteiger partial charge is 0.126 e.